The van der Waals surface area contributed by atoms with Crippen molar-refractivity contribution >= 4 is 39.8 Å². The predicted octanol–water partition coefficient (Wildman–Crippen LogP) is 6.38. The number of unbranched alkanes of at least 4 members (excludes halogenated alkanes) is 4. The molecule has 2 aliphatic heterocycles. The zero-order chi connectivity index (χ0) is 23.5. The van der Waals surface area contributed by atoms with Crippen molar-refractivity contribution in [1.82, 2.24) is 9.58 Å². The second-order valence-electron chi connectivity index (χ2n) is 8.63. The fraction of sp³-hybridized carbons (Fsp3) is 0.385. The Labute approximate surface area is 200 Å². The molecule has 1 amide bonds. The Hall–Kier alpha value is -2.93. The monoisotopic (exact) mass is 461 g/mol. The number of para-hydroxylation sites is 1. The molecule has 1 aromatic heterocycles. The largest absolute Gasteiger partial charge is 0.318 e. The summed E-state index contributed by atoms with van der Waals surface area (Å²) >= 11 is 1.42. The van der Waals surface area contributed by atoms with Crippen LogP contribution in [0, 0.1) is 26.2 Å². The first-order chi connectivity index (χ1) is 15.9. The zero-order valence-electron chi connectivity index (χ0n) is 19.8. The third-order valence-electron chi connectivity index (χ3n) is 6.12. The lowest BCUT2D eigenvalue weighted by atomic mass is 10.1. The van der Waals surface area contributed by atoms with Crippen molar-refractivity contribution in [3.05, 3.63) is 58.4 Å². The van der Waals surface area contributed by atoms with E-state index in [1.807, 2.05) is 19.1 Å². The number of hydrogen-bond donors (Lipinski definition) is 1. The fourth-order valence-electron chi connectivity index (χ4n) is 4.29. The van der Waals surface area contributed by atoms with Gasteiger partial charge >= 0.3 is 0 Å². The van der Waals surface area contributed by atoms with Crippen LogP contribution < -0.4 is 0 Å². The van der Waals surface area contributed by atoms with Gasteiger partial charge in [-0.3, -0.25) is 10.2 Å². The van der Waals surface area contributed by atoms with Crippen LogP contribution in [0.3, 0.4) is 0 Å². The van der Waals surface area contributed by atoms with Crippen molar-refractivity contribution in [3.8, 4) is 5.69 Å². The molecule has 0 saturated carbocycles. The van der Waals surface area contributed by atoms with Crippen molar-refractivity contribution in [2.24, 2.45) is 10.1 Å². The number of hydrogen-bond acceptors (Lipinski definition) is 4. The second-order valence-corrected chi connectivity index (χ2v) is 9.67. The highest BCUT2D eigenvalue weighted by Gasteiger charge is 2.35. The Morgan fingerprint density at radius 1 is 1.09 bits per heavy atom. The van der Waals surface area contributed by atoms with E-state index in [1.165, 1.54) is 48.0 Å². The molecule has 0 aliphatic carbocycles. The molecule has 0 unspecified atom stereocenters. The highest BCUT2D eigenvalue weighted by atomic mass is 32.2. The van der Waals surface area contributed by atoms with Gasteiger partial charge in [0.25, 0.3) is 5.91 Å². The average molecular weight is 462 g/mol. The van der Waals surface area contributed by atoms with Crippen LogP contribution in [0.15, 0.2) is 46.0 Å². The van der Waals surface area contributed by atoms with Crippen LogP contribution in [0.5, 0.6) is 0 Å². The number of aliphatic imine (C=N–C) groups is 1. The Morgan fingerprint density at radius 3 is 2.61 bits per heavy atom. The molecular weight excluding hydrogens is 430 g/mol. The average Bonchev–Trinajstić information content (AvgIpc) is 3.31. The summed E-state index contributed by atoms with van der Waals surface area (Å²) in [7, 11) is 0. The first kappa shape index (κ1) is 23.2. The van der Waals surface area contributed by atoms with Crippen molar-refractivity contribution in [2.75, 3.05) is 0 Å². The maximum atomic E-state index is 12.8. The number of hydrazone groups is 1. The quantitative estimate of drug-likeness (QED) is 0.366. The molecule has 1 N–H and O–H groups in total. The van der Waals surface area contributed by atoms with E-state index in [2.05, 4.69) is 53.6 Å². The maximum absolute atomic E-state index is 12.8. The van der Waals surface area contributed by atoms with E-state index >= 15 is 0 Å². The summed E-state index contributed by atoms with van der Waals surface area (Å²) in [6, 6.07) is 10.3. The van der Waals surface area contributed by atoms with Crippen molar-refractivity contribution in [3.63, 3.8) is 0 Å². The van der Waals surface area contributed by atoms with Gasteiger partial charge in [0.15, 0.2) is 5.84 Å². The van der Waals surface area contributed by atoms with Gasteiger partial charge in [-0.15, -0.1) is 0 Å². The zero-order valence-corrected chi connectivity index (χ0v) is 20.6. The minimum Gasteiger partial charge on any atom is -0.318 e. The van der Waals surface area contributed by atoms with E-state index in [0.29, 0.717) is 5.17 Å². The first-order valence-corrected chi connectivity index (χ1v) is 12.5. The number of rotatable bonds is 8. The molecular formula is C26H31N5OS. The molecule has 0 fully saturated rings. The van der Waals surface area contributed by atoms with Crippen LogP contribution in [-0.4, -0.2) is 31.5 Å². The number of aromatic nitrogens is 1. The molecule has 3 heterocycles. The standard InChI is InChI=1S/C26H31N5OS/c1-5-6-7-8-9-14-23-29-31-24(27)21(25(32)28-26(31)33-23)16-20-15-18(3)30(19(20)4)22-13-11-10-12-17(22)2/h10-13,15-16,27H,5-9,14H2,1-4H3/b21-16+,27-24?. The van der Waals surface area contributed by atoms with Crippen LogP contribution in [0.1, 0.15) is 68.0 Å². The van der Waals surface area contributed by atoms with E-state index < -0.39 is 0 Å². The minimum atomic E-state index is -0.376. The van der Waals surface area contributed by atoms with Crippen LogP contribution >= 0.6 is 11.8 Å². The number of amides is 1. The number of fused-ring (bicyclic) bond motifs is 1. The van der Waals surface area contributed by atoms with Crippen molar-refractivity contribution in [1.29, 1.82) is 5.41 Å². The molecule has 7 heteroatoms. The number of carbonyl (C=O) groups excluding carboxylic acids is 1. The molecule has 2 aromatic rings. The minimum absolute atomic E-state index is 0.0965. The predicted molar refractivity (Wildman–Crippen MR) is 138 cm³/mol. The van der Waals surface area contributed by atoms with Gasteiger partial charge in [-0.1, -0.05) is 50.8 Å². The summed E-state index contributed by atoms with van der Waals surface area (Å²) in [5.74, 6) is -0.280. The van der Waals surface area contributed by atoms with Crippen LogP contribution in [0.25, 0.3) is 11.8 Å². The molecule has 0 radical (unpaired) electrons. The summed E-state index contributed by atoms with van der Waals surface area (Å²) in [6.07, 6.45) is 8.62. The van der Waals surface area contributed by atoms with Crippen LogP contribution in [0.4, 0.5) is 0 Å². The Balaban J connectivity index is 1.57. The number of thioether (sulfide) groups is 1. The number of carbonyl (C=O) groups is 1. The van der Waals surface area contributed by atoms with Crippen LogP contribution in [-0.2, 0) is 4.79 Å². The van der Waals surface area contributed by atoms with Gasteiger partial charge < -0.3 is 4.57 Å². The van der Waals surface area contributed by atoms with Gasteiger partial charge in [-0.2, -0.15) is 15.1 Å². The molecule has 2 aliphatic rings. The smallest absolute Gasteiger partial charge is 0.283 e. The van der Waals surface area contributed by atoms with Gasteiger partial charge in [-0.05, 0) is 74.7 Å². The number of benzene rings is 1. The van der Waals surface area contributed by atoms with Gasteiger partial charge in [0, 0.05) is 17.1 Å². The first-order valence-electron chi connectivity index (χ1n) is 11.6. The van der Waals surface area contributed by atoms with Gasteiger partial charge in [0.05, 0.1) is 5.57 Å². The highest BCUT2D eigenvalue weighted by molar-refractivity contribution is 8.26. The lowest BCUT2D eigenvalue weighted by Gasteiger charge is -2.20. The SMILES string of the molecule is CCCCCCCC1=NN2C(=N)/C(=C\c3cc(C)n(-c4ccccc4C)c3C)C(=O)N=C2S1. The second kappa shape index (κ2) is 9.91. The molecule has 0 bridgehead atoms. The number of nitrogens with one attached hydrogen (secondary N) is 1. The third kappa shape index (κ3) is 4.74. The van der Waals surface area contributed by atoms with Crippen LogP contribution in [0.2, 0.25) is 0 Å². The van der Waals surface area contributed by atoms with Crippen molar-refractivity contribution < 1.29 is 4.79 Å². The summed E-state index contributed by atoms with van der Waals surface area (Å²) in [5.41, 5.74) is 5.59. The Morgan fingerprint density at radius 2 is 1.85 bits per heavy atom. The number of amidine groups is 2. The summed E-state index contributed by atoms with van der Waals surface area (Å²) in [5, 5.41) is 16.2. The highest BCUT2D eigenvalue weighted by Crippen LogP contribution is 2.31. The van der Waals surface area contributed by atoms with Crippen molar-refractivity contribution in [2.45, 2.75) is 66.2 Å². The normalized spacial score (nSPS) is 17.0. The van der Waals surface area contributed by atoms with E-state index in [4.69, 9.17) is 5.41 Å². The maximum Gasteiger partial charge on any atom is 0.283 e. The van der Waals surface area contributed by atoms with Gasteiger partial charge in [0.1, 0.15) is 5.04 Å². The summed E-state index contributed by atoms with van der Waals surface area (Å²) in [6.45, 7) is 8.40. The Bertz CT molecular complexity index is 1190. The molecule has 33 heavy (non-hydrogen) atoms. The molecule has 0 spiro atoms. The lowest BCUT2D eigenvalue weighted by Crippen LogP contribution is -2.35. The summed E-state index contributed by atoms with van der Waals surface area (Å²) < 4.78 is 2.19. The third-order valence-corrected chi connectivity index (χ3v) is 7.09. The molecule has 1 aromatic carbocycles. The number of aryl methyl sites for hydroxylation is 2. The Kier molecular flexibility index (Phi) is 6.98. The molecule has 0 saturated heterocycles. The summed E-state index contributed by atoms with van der Waals surface area (Å²) in [4.78, 5) is 17.1. The fourth-order valence-corrected chi connectivity index (χ4v) is 5.21. The van der Waals surface area contributed by atoms with E-state index in [1.54, 1.807) is 6.08 Å². The number of nitrogens with zero attached hydrogens (tertiary/aromatic N) is 4. The molecule has 172 valence electrons. The topological polar surface area (TPSA) is 73.8 Å². The molecule has 4 rings (SSSR count). The molecule has 6 nitrogen and oxygen atoms in total. The van der Waals surface area contributed by atoms with Gasteiger partial charge in [-0.25, -0.2) is 0 Å². The lowest BCUT2D eigenvalue weighted by molar-refractivity contribution is -0.114. The van der Waals surface area contributed by atoms with E-state index in [-0.39, 0.29) is 17.3 Å². The van der Waals surface area contributed by atoms with E-state index in [9.17, 15) is 4.79 Å². The van der Waals surface area contributed by atoms with E-state index in [0.717, 1.165) is 40.5 Å². The molecule has 0 atom stereocenters. The van der Waals surface area contributed by atoms with Gasteiger partial charge in [0.2, 0.25) is 5.17 Å².